The molecule has 0 atom stereocenters. The Bertz CT molecular complexity index is 555. The van der Waals surface area contributed by atoms with Gasteiger partial charge in [-0.2, -0.15) is 0 Å². The number of benzene rings is 1. The van der Waals surface area contributed by atoms with Gasteiger partial charge in [-0.05, 0) is 12.1 Å². The average Bonchev–Trinajstić information content (AvgIpc) is 2.70. The molecule has 2 aromatic rings. The maximum atomic E-state index is 11.5. The molecule has 17 heavy (non-hydrogen) atoms. The Balaban J connectivity index is 2.26. The van der Waals surface area contributed by atoms with Crippen molar-refractivity contribution in [2.45, 2.75) is 6.61 Å². The van der Waals surface area contributed by atoms with Crippen LogP contribution in [-0.2, 0) is 11.3 Å². The molecular weight excluding hydrogens is 218 g/mol. The standard InChI is InChI=1S/C12H13N3O2/c1-17-8-11-10(12(16)15-14-11)7-13-9-5-3-2-4-6-9/h2-7H,8H2,1H3,(H2,14,15,16). The molecule has 0 aliphatic heterocycles. The summed E-state index contributed by atoms with van der Waals surface area (Å²) in [6.07, 6.45) is 1.54. The zero-order valence-corrected chi connectivity index (χ0v) is 9.43. The van der Waals surface area contributed by atoms with E-state index >= 15 is 0 Å². The lowest BCUT2D eigenvalue weighted by Gasteiger charge is -1.95. The molecule has 0 saturated heterocycles. The molecular formula is C12H13N3O2. The molecule has 0 unspecified atom stereocenters. The Kier molecular flexibility index (Phi) is 3.52. The number of nitrogens with one attached hydrogen (secondary N) is 2. The molecule has 5 heteroatoms. The predicted octanol–water partition coefficient (Wildman–Crippen LogP) is 1.60. The largest absolute Gasteiger partial charge is 0.378 e. The minimum atomic E-state index is -0.197. The summed E-state index contributed by atoms with van der Waals surface area (Å²) in [5.41, 5.74) is 1.79. The maximum absolute atomic E-state index is 11.5. The number of aromatic nitrogens is 2. The van der Waals surface area contributed by atoms with Crippen molar-refractivity contribution < 1.29 is 4.74 Å². The maximum Gasteiger partial charge on any atom is 0.273 e. The van der Waals surface area contributed by atoms with E-state index in [1.54, 1.807) is 13.3 Å². The molecule has 1 aromatic heterocycles. The highest BCUT2D eigenvalue weighted by Gasteiger charge is 2.06. The first-order chi connectivity index (χ1) is 8.31. The minimum Gasteiger partial charge on any atom is -0.378 e. The van der Waals surface area contributed by atoms with Crippen molar-refractivity contribution in [3.8, 4) is 0 Å². The molecule has 0 fully saturated rings. The molecule has 0 saturated carbocycles. The van der Waals surface area contributed by atoms with Gasteiger partial charge >= 0.3 is 0 Å². The highest BCUT2D eigenvalue weighted by molar-refractivity contribution is 5.82. The summed E-state index contributed by atoms with van der Waals surface area (Å²) in [6.45, 7) is 0.342. The monoisotopic (exact) mass is 231 g/mol. The number of aliphatic imine (C=N–C) groups is 1. The van der Waals surface area contributed by atoms with Gasteiger partial charge in [0.15, 0.2) is 0 Å². The van der Waals surface area contributed by atoms with Crippen LogP contribution in [0.2, 0.25) is 0 Å². The number of aromatic amines is 2. The Morgan fingerprint density at radius 1 is 1.29 bits per heavy atom. The van der Waals surface area contributed by atoms with Crippen LogP contribution in [0.15, 0.2) is 40.1 Å². The SMILES string of the molecule is COCc1[nH][nH]c(=O)c1C=Nc1ccccc1. The summed E-state index contributed by atoms with van der Waals surface area (Å²) in [5.74, 6) is 0. The molecule has 0 bridgehead atoms. The highest BCUT2D eigenvalue weighted by atomic mass is 16.5. The van der Waals surface area contributed by atoms with Crippen LogP contribution in [0.4, 0.5) is 5.69 Å². The average molecular weight is 231 g/mol. The number of hydrogen-bond acceptors (Lipinski definition) is 3. The molecule has 0 amide bonds. The van der Waals surface area contributed by atoms with Crippen LogP contribution in [0, 0.1) is 0 Å². The van der Waals surface area contributed by atoms with E-state index in [1.807, 2.05) is 30.3 Å². The molecule has 0 aliphatic carbocycles. The topological polar surface area (TPSA) is 70.2 Å². The Hall–Kier alpha value is -2.14. The predicted molar refractivity (Wildman–Crippen MR) is 65.8 cm³/mol. The van der Waals surface area contributed by atoms with Gasteiger partial charge in [0.1, 0.15) is 0 Å². The van der Waals surface area contributed by atoms with E-state index in [4.69, 9.17) is 4.74 Å². The minimum absolute atomic E-state index is 0.197. The lowest BCUT2D eigenvalue weighted by molar-refractivity contribution is 0.181. The smallest absolute Gasteiger partial charge is 0.273 e. The lowest BCUT2D eigenvalue weighted by Crippen LogP contribution is -2.06. The number of para-hydroxylation sites is 1. The third-order valence-corrected chi connectivity index (χ3v) is 2.28. The molecule has 2 rings (SSSR count). The van der Waals surface area contributed by atoms with Gasteiger partial charge in [0, 0.05) is 13.3 Å². The molecule has 2 N–H and O–H groups in total. The first kappa shape index (κ1) is 11.3. The Morgan fingerprint density at radius 2 is 2.06 bits per heavy atom. The van der Waals surface area contributed by atoms with Gasteiger partial charge in [-0.25, -0.2) is 0 Å². The second-order valence-corrected chi connectivity index (χ2v) is 3.50. The van der Waals surface area contributed by atoms with Crippen LogP contribution in [0.25, 0.3) is 0 Å². The van der Waals surface area contributed by atoms with Crippen molar-refractivity contribution in [2.24, 2.45) is 4.99 Å². The van der Waals surface area contributed by atoms with Gasteiger partial charge in [-0.3, -0.25) is 20.0 Å². The van der Waals surface area contributed by atoms with Crippen molar-refractivity contribution in [1.82, 2.24) is 10.2 Å². The van der Waals surface area contributed by atoms with Crippen LogP contribution < -0.4 is 5.56 Å². The second kappa shape index (κ2) is 5.27. The number of rotatable bonds is 4. The van der Waals surface area contributed by atoms with Crippen LogP contribution in [0.1, 0.15) is 11.3 Å². The fourth-order valence-electron chi connectivity index (χ4n) is 1.45. The summed E-state index contributed by atoms with van der Waals surface area (Å²) < 4.78 is 4.98. The summed E-state index contributed by atoms with van der Waals surface area (Å²) >= 11 is 0. The number of methoxy groups -OCH3 is 1. The number of ether oxygens (including phenoxy) is 1. The first-order valence-corrected chi connectivity index (χ1v) is 5.19. The lowest BCUT2D eigenvalue weighted by atomic mass is 10.2. The summed E-state index contributed by atoms with van der Waals surface area (Å²) in [7, 11) is 1.57. The molecule has 0 spiro atoms. The quantitative estimate of drug-likeness (QED) is 0.784. The van der Waals surface area contributed by atoms with Gasteiger partial charge in [0.2, 0.25) is 0 Å². The zero-order chi connectivity index (χ0) is 12.1. The van der Waals surface area contributed by atoms with Crippen LogP contribution in [0.3, 0.4) is 0 Å². The normalized spacial score (nSPS) is 11.1. The Morgan fingerprint density at radius 3 is 2.76 bits per heavy atom. The molecule has 1 aromatic carbocycles. The van der Waals surface area contributed by atoms with Gasteiger partial charge in [-0.15, -0.1) is 0 Å². The molecule has 88 valence electrons. The molecule has 1 heterocycles. The number of nitrogens with zero attached hydrogens (tertiary/aromatic N) is 1. The van der Waals surface area contributed by atoms with Crippen molar-refractivity contribution in [1.29, 1.82) is 0 Å². The van der Waals surface area contributed by atoms with Crippen LogP contribution in [-0.4, -0.2) is 23.5 Å². The van der Waals surface area contributed by atoms with Crippen LogP contribution >= 0.6 is 0 Å². The zero-order valence-electron chi connectivity index (χ0n) is 9.43. The summed E-state index contributed by atoms with van der Waals surface area (Å²) in [6, 6.07) is 9.44. The number of hydrogen-bond donors (Lipinski definition) is 2. The van der Waals surface area contributed by atoms with E-state index in [9.17, 15) is 4.79 Å². The van der Waals surface area contributed by atoms with Gasteiger partial charge in [-0.1, -0.05) is 18.2 Å². The molecule has 0 aliphatic rings. The van der Waals surface area contributed by atoms with E-state index in [1.165, 1.54) is 0 Å². The Labute approximate surface area is 98.2 Å². The second-order valence-electron chi connectivity index (χ2n) is 3.50. The summed E-state index contributed by atoms with van der Waals surface area (Å²) in [5, 5.41) is 5.26. The number of H-pyrrole nitrogens is 2. The molecule has 5 nitrogen and oxygen atoms in total. The van der Waals surface area contributed by atoms with Crippen molar-refractivity contribution in [3.05, 3.63) is 51.9 Å². The van der Waals surface area contributed by atoms with Crippen molar-refractivity contribution >= 4 is 11.9 Å². The van der Waals surface area contributed by atoms with E-state index in [0.29, 0.717) is 17.9 Å². The third-order valence-electron chi connectivity index (χ3n) is 2.28. The van der Waals surface area contributed by atoms with Crippen molar-refractivity contribution in [2.75, 3.05) is 7.11 Å². The summed E-state index contributed by atoms with van der Waals surface area (Å²) in [4.78, 5) is 15.7. The van der Waals surface area contributed by atoms with E-state index < -0.39 is 0 Å². The molecule has 0 radical (unpaired) electrons. The fraction of sp³-hybridized carbons (Fsp3) is 0.167. The van der Waals surface area contributed by atoms with E-state index in [2.05, 4.69) is 15.2 Å². The fourth-order valence-corrected chi connectivity index (χ4v) is 1.45. The van der Waals surface area contributed by atoms with Gasteiger partial charge in [0.05, 0.1) is 23.6 Å². The highest BCUT2D eigenvalue weighted by Crippen LogP contribution is 2.09. The van der Waals surface area contributed by atoms with Crippen LogP contribution in [0.5, 0.6) is 0 Å². The van der Waals surface area contributed by atoms with Gasteiger partial charge in [0.25, 0.3) is 5.56 Å². The van der Waals surface area contributed by atoms with E-state index in [-0.39, 0.29) is 5.56 Å². The van der Waals surface area contributed by atoms with Gasteiger partial charge < -0.3 is 4.74 Å². The third kappa shape index (κ3) is 2.70. The van der Waals surface area contributed by atoms with E-state index in [0.717, 1.165) is 5.69 Å². The van der Waals surface area contributed by atoms with Crippen molar-refractivity contribution in [3.63, 3.8) is 0 Å². The first-order valence-electron chi connectivity index (χ1n) is 5.19.